The van der Waals surface area contributed by atoms with E-state index in [-0.39, 0.29) is 25.7 Å². The topological polar surface area (TPSA) is 237 Å². The fraction of sp³-hybridized carbons (Fsp3) is 0.953. The van der Waals surface area contributed by atoms with Crippen LogP contribution in [0.15, 0.2) is 0 Å². The van der Waals surface area contributed by atoms with Gasteiger partial charge in [0.2, 0.25) is 0 Å². The van der Waals surface area contributed by atoms with Crippen LogP contribution in [0.2, 0.25) is 0 Å². The molecule has 0 aromatic rings. The summed E-state index contributed by atoms with van der Waals surface area (Å²) in [7, 11) is -9.93. The van der Waals surface area contributed by atoms with Crippen LogP contribution in [0.4, 0.5) is 0 Å². The van der Waals surface area contributed by atoms with Crippen molar-refractivity contribution in [1.29, 1.82) is 0 Å². The molecule has 104 heavy (non-hydrogen) atoms. The van der Waals surface area contributed by atoms with Gasteiger partial charge in [-0.25, -0.2) is 9.13 Å². The number of carbonyl (C=O) groups excluding carboxylic acids is 4. The molecule has 19 heteroatoms. The minimum absolute atomic E-state index is 0.108. The molecule has 0 spiro atoms. The van der Waals surface area contributed by atoms with E-state index in [1.54, 1.807) is 0 Å². The van der Waals surface area contributed by atoms with E-state index in [9.17, 15) is 43.2 Å². The summed E-state index contributed by atoms with van der Waals surface area (Å²) < 4.78 is 68.9. The Hall–Kier alpha value is -1.94. The maximum absolute atomic E-state index is 13.1. The van der Waals surface area contributed by atoms with Gasteiger partial charge in [-0.05, 0) is 37.5 Å². The average Bonchev–Trinajstić information content (AvgIpc) is 0.903. The maximum atomic E-state index is 13.1. The molecule has 0 saturated carbocycles. The van der Waals surface area contributed by atoms with Crippen LogP contribution in [0.3, 0.4) is 0 Å². The summed E-state index contributed by atoms with van der Waals surface area (Å²) >= 11 is 0. The van der Waals surface area contributed by atoms with E-state index in [4.69, 9.17) is 37.0 Å². The Morgan fingerprint density at radius 1 is 0.260 bits per heavy atom. The van der Waals surface area contributed by atoms with Crippen LogP contribution in [-0.2, 0) is 65.4 Å². The van der Waals surface area contributed by atoms with Crippen molar-refractivity contribution in [2.75, 3.05) is 39.6 Å². The minimum atomic E-state index is -4.96. The van der Waals surface area contributed by atoms with E-state index in [0.29, 0.717) is 25.7 Å². The van der Waals surface area contributed by atoms with Gasteiger partial charge in [-0.1, -0.05) is 401 Å². The van der Waals surface area contributed by atoms with E-state index < -0.39 is 97.5 Å². The number of hydrogen-bond acceptors (Lipinski definition) is 15. The van der Waals surface area contributed by atoms with Gasteiger partial charge in [0.15, 0.2) is 12.2 Å². The fourth-order valence-electron chi connectivity index (χ4n) is 13.2. The molecule has 0 bridgehead atoms. The Kier molecular flexibility index (Phi) is 75.0. The van der Waals surface area contributed by atoms with Gasteiger partial charge in [0.1, 0.15) is 19.3 Å². The zero-order valence-corrected chi connectivity index (χ0v) is 70.1. The van der Waals surface area contributed by atoms with Crippen LogP contribution >= 0.6 is 15.6 Å². The Morgan fingerprint density at radius 2 is 0.442 bits per heavy atom. The molecule has 618 valence electrons. The SMILES string of the molecule is CCCCCCCCCCCCCCCCCCCCCC(=O)O[C@H](COC(=O)CCCCCCCCCCCCCCCCC(C)C)COP(=O)(O)OC[C@@H](O)COP(=O)(O)OC[C@@H](COC(=O)CCCCCCCCCCCCC)OC(=O)CCCCCCCCCCCCCCCCC(C)C. The van der Waals surface area contributed by atoms with Crippen LogP contribution in [0, 0.1) is 11.8 Å². The van der Waals surface area contributed by atoms with Crippen LogP contribution in [0.5, 0.6) is 0 Å². The number of phosphoric ester groups is 2. The van der Waals surface area contributed by atoms with E-state index in [2.05, 4.69) is 41.5 Å². The van der Waals surface area contributed by atoms with Gasteiger partial charge in [0.25, 0.3) is 0 Å². The van der Waals surface area contributed by atoms with E-state index in [1.165, 1.54) is 270 Å². The quantitative estimate of drug-likeness (QED) is 0.0222. The molecule has 0 fully saturated rings. The highest BCUT2D eigenvalue weighted by molar-refractivity contribution is 7.47. The third-order valence-corrected chi connectivity index (χ3v) is 21.9. The fourth-order valence-corrected chi connectivity index (χ4v) is 14.8. The highest BCUT2D eigenvalue weighted by Gasteiger charge is 2.30. The average molecular weight is 1520 g/mol. The van der Waals surface area contributed by atoms with Crippen molar-refractivity contribution in [3.05, 3.63) is 0 Å². The van der Waals surface area contributed by atoms with Crippen molar-refractivity contribution >= 4 is 39.5 Å². The van der Waals surface area contributed by atoms with Crippen LogP contribution < -0.4 is 0 Å². The molecule has 0 heterocycles. The number of esters is 4. The molecular formula is C85H166O17P2. The molecule has 5 atom stereocenters. The summed E-state index contributed by atoms with van der Waals surface area (Å²) in [5.41, 5.74) is 0. The number of phosphoric acid groups is 2. The standard InChI is InChI=1S/C85H166O17P2/c1-7-9-11-13-15-17-19-20-21-22-23-24-25-33-39-45-51-57-63-69-84(89)102-81(74-96-83(88)68-62-56-50-44-38-32-28-26-30-36-41-47-53-59-65-77(3)4)76-100-104(93,94)98-72-79(86)71-97-103(91,92)99-75-80(73-95-82(87)67-61-55-49-43-35-18-16-14-12-10-8-2)101-85(90)70-64-58-52-46-40-34-29-27-31-37-42-48-54-60-66-78(5)6/h77-81,86H,7-76H2,1-6H3,(H,91,92)(H,93,94)/t79-,80+,81+/m0/s1. The minimum Gasteiger partial charge on any atom is -0.462 e. The highest BCUT2D eigenvalue weighted by atomic mass is 31.2. The number of ether oxygens (including phenoxy) is 4. The molecule has 3 N–H and O–H groups in total. The lowest BCUT2D eigenvalue weighted by Gasteiger charge is -2.21. The van der Waals surface area contributed by atoms with Gasteiger partial charge < -0.3 is 33.8 Å². The first-order valence-electron chi connectivity index (χ1n) is 44.0. The number of aliphatic hydroxyl groups is 1. The van der Waals surface area contributed by atoms with Crippen molar-refractivity contribution in [2.24, 2.45) is 11.8 Å². The lowest BCUT2D eigenvalue weighted by molar-refractivity contribution is -0.161. The zero-order valence-electron chi connectivity index (χ0n) is 68.3. The first kappa shape index (κ1) is 102. The van der Waals surface area contributed by atoms with Gasteiger partial charge in [-0.3, -0.25) is 37.3 Å². The molecule has 0 aromatic heterocycles. The van der Waals surface area contributed by atoms with Gasteiger partial charge in [0.05, 0.1) is 26.4 Å². The Bertz CT molecular complexity index is 1990. The summed E-state index contributed by atoms with van der Waals surface area (Å²) in [6, 6.07) is 0. The third-order valence-electron chi connectivity index (χ3n) is 20.0. The van der Waals surface area contributed by atoms with Crippen LogP contribution in [-0.4, -0.2) is 96.7 Å². The van der Waals surface area contributed by atoms with Crippen LogP contribution in [0.25, 0.3) is 0 Å². The molecule has 0 aromatic carbocycles. The molecule has 2 unspecified atom stereocenters. The second-order valence-corrected chi connectivity index (χ2v) is 34.4. The predicted molar refractivity (Wildman–Crippen MR) is 428 cm³/mol. The highest BCUT2D eigenvalue weighted by Crippen LogP contribution is 2.45. The number of aliphatic hydroxyl groups excluding tert-OH is 1. The monoisotopic (exact) mass is 1520 g/mol. The van der Waals surface area contributed by atoms with Crippen molar-refractivity contribution in [3.63, 3.8) is 0 Å². The molecule has 0 amide bonds. The molecular weight excluding hydrogens is 1350 g/mol. The number of unbranched alkanes of at least 4 members (excludes halogenated alkanes) is 54. The van der Waals surface area contributed by atoms with E-state index >= 15 is 0 Å². The predicted octanol–water partition coefficient (Wildman–Crippen LogP) is 25.8. The van der Waals surface area contributed by atoms with E-state index in [0.717, 1.165) is 102 Å². The van der Waals surface area contributed by atoms with Crippen molar-refractivity contribution in [1.82, 2.24) is 0 Å². The van der Waals surface area contributed by atoms with Gasteiger partial charge in [0, 0.05) is 25.7 Å². The molecule has 0 aliphatic carbocycles. The Balaban J connectivity index is 5.25. The Labute approximate surface area is 638 Å². The zero-order chi connectivity index (χ0) is 76.4. The molecule has 0 rings (SSSR count). The number of carbonyl (C=O) groups is 4. The summed E-state index contributed by atoms with van der Waals surface area (Å²) in [5.74, 6) is -0.507. The first-order chi connectivity index (χ1) is 50.4. The molecule has 0 aliphatic heterocycles. The second kappa shape index (κ2) is 76.4. The molecule has 0 saturated heterocycles. The van der Waals surface area contributed by atoms with Gasteiger partial charge in [-0.15, -0.1) is 0 Å². The van der Waals surface area contributed by atoms with Crippen molar-refractivity contribution in [2.45, 2.75) is 471 Å². The summed E-state index contributed by atoms with van der Waals surface area (Å²) in [5, 5.41) is 10.7. The normalized spacial score (nSPS) is 13.8. The Morgan fingerprint density at radius 3 is 0.654 bits per heavy atom. The lowest BCUT2D eigenvalue weighted by Crippen LogP contribution is -2.30. The first-order valence-corrected chi connectivity index (χ1v) is 47.0. The summed E-state index contributed by atoms with van der Waals surface area (Å²) in [4.78, 5) is 73.2. The van der Waals surface area contributed by atoms with E-state index in [1.807, 2.05) is 0 Å². The lowest BCUT2D eigenvalue weighted by atomic mass is 10.0. The molecule has 17 nitrogen and oxygen atoms in total. The maximum Gasteiger partial charge on any atom is 0.472 e. The molecule has 0 radical (unpaired) electrons. The van der Waals surface area contributed by atoms with Crippen molar-refractivity contribution in [3.8, 4) is 0 Å². The molecule has 0 aliphatic rings. The number of rotatable bonds is 84. The van der Waals surface area contributed by atoms with Crippen LogP contribution in [0.1, 0.15) is 452 Å². The third kappa shape index (κ3) is 78.2. The summed E-state index contributed by atoms with van der Waals surface area (Å²) in [6.07, 6.45) is 67.9. The van der Waals surface area contributed by atoms with Gasteiger partial charge >= 0.3 is 39.5 Å². The smallest absolute Gasteiger partial charge is 0.462 e. The summed E-state index contributed by atoms with van der Waals surface area (Å²) in [6.45, 7) is 9.71. The largest absolute Gasteiger partial charge is 0.472 e. The number of hydrogen-bond donors (Lipinski definition) is 3. The second-order valence-electron chi connectivity index (χ2n) is 31.5. The van der Waals surface area contributed by atoms with Crippen molar-refractivity contribution < 1.29 is 80.2 Å². The van der Waals surface area contributed by atoms with Gasteiger partial charge in [-0.2, -0.15) is 0 Å².